The van der Waals surface area contributed by atoms with E-state index in [9.17, 15) is 30.7 Å². The number of hydrogen-bond donors (Lipinski definition) is 0. The van der Waals surface area contributed by atoms with Gasteiger partial charge in [0.15, 0.2) is 11.6 Å². The van der Waals surface area contributed by atoms with Gasteiger partial charge in [-0.25, -0.2) is 17.6 Å². The molecule has 8 heteroatoms. The average Bonchev–Trinajstić information content (AvgIpc) is 2.80. The minimum atomic E-state index is -5.24. The van der Waals surface area contributed by atoms with Gasteiger partial charge in [0.25, 0.3) is 0 Å². The zero-order chi connectivity index (χ0) is 26.3. The smallest absolute Gasteiger partial charge is 0.399 e. The summed E-state index contributed by atoms with van der Waals surface area (Å²) in [5, 5.41) is 0. The molecule has 0 fully saturated rings. The van der Waals surface area contributed by atoms with Crippen molar-refractivity contribution >= 4 is 0 Å². The first kappa shape index (κ1) is 26.7. The van der Waals surface area contributed by atoms with E-state index in [0.717, 1.165) is 19.3 Å². The predicted octanol–water partition coefficient (Wildman–Crippen LogP) is 7.67. The highest BCUT2D eigenvalue weighted by atomic mass is 19.4. The molecule has 1 nitrogen and oxygen atoms in total. The third-order valence-electron chi connectivity index (χ3n) is 4.95. The van der Waals surface area contributed by atoms with Gasteiger partial charge in [-0.2, -0.15) is 0 Å². The molecule has 0 unspecified atom stereocenters. The number of alkyl halides is 3. The van der Waals surface area contributed by atoms with E-state index in [4.69, 9.17) is 0 Å². The van der Waals surface area contributed by atoms with E-state index in [2.05, 4.69) is 28.4 Å². The van der Waals surface area contributed by atoms with Crippen LogP contribution in [0, 0.1) is 47.0 Å². The van der Waals surface area contributed by atoms with Crippen molar-refractivity contribution in [3.05, 3.63) is 99.6 Å². The van der Waals surface area contributed by atoms with Gasteiger partial charge < -0.3 is 4.74 Å². The summed E-state index contributed by atoms with van der Waals surface area (Å²) < 4.78 is 96.3. The molecule has 0 amide bonds. The molecule has 0 spiro atoms. The fraction of sp³-hybridized carbons (Fsp3) is 0.214. The topological polar surface area (TPSA) is 9.23 Å². The second-order valence-electron chi connectivity index (χ2n) is 7.79. The van der Waals surface area contributed by atoms with Crippen molar-refractivity contribution in [3.8, 4) is 29.4 Å². The summed E-state index contributed by atoms with van der Waals surface area (Å²) >= 11 is 0. The van der Waals surface area contributed by atoms with Gasteiger partial charge in [-0.1, -0.05) is 43.4 Å². The van der Waals surface area contributed by atoms with E-state index in [1.807, 2.05) is 6.92 Å². The molecule has 0 aromatic heterocycles. The summed E-state index contributed by atoms with van der Waals surface area (Å²) in [7, 11) is 0. The highest BCUT2D eigenvalue weighted by Crippen LogP contribution is 2.29. The minimum absolute atomic E-state index is 0.201. The zero-order valence-corrected chi connectivity index (χ0v) is 19.0. The van der Waals surface area contributed by atoms with Crippen LogP contribution < -0.4 is 4.74 Å². The number of benzene rings is 3. The molecular weight excluding hydrogens is 485 g/mol. The van der Waals surface area contributed by atoms with Crippen molar-refractivity contribution in [2.75, 3.05) is 0 Å². The van der Waals surface area contributed by atoms with E-state index >= 15 is 0 Å². The Morgan fingerprint density at radius 1 is 0.667 bits per heavy atom. The van der Waals surface area contributed by atoms with Crippen LogP contribution in [0.5, 0.6) is 5.75 Å². The standard InChI is InChI=1S/C28H19F7O/c1-2-3-4-5-20-14-23(29)22(24(30)15-20)13-12-19-8-6-18(7-9-19)10-11-21-16-25(31)27(26(32)17-21)36-28(33,34)35/h6-9,14-17H,2-5H2,1H3. The van der Waals surface area contributed by atoms with Gasteiger partial charge in [-0.15, -0.1) is 13.2 Å². The van der Waals surface area contributed by atoms with Gasteiger partial charge in [-0.3, -0.25) is 0 Å². The SMILES string of the molecule is CCCCCc1cc(F)c(C#Cc2ccc(C#Cc3cc(F)c(OC(F)(F)F)c(F)c3)cc2)c(F)c1. The summed E-state index contributed by atoms with van der Waals surface area (Å²) in [4.78, 5) is 0. The Hall–Kier alpha value is -3.91. The van der Waals surface area contributed by atoms with Crippen LogP contribution >= 0.6 is 0 Å². The Balaban J connectivity index is 1.73. The molecule has 3 aromatic rings. The van der Waals surface area contributed by atoms with Crippen LogP contribution in [-0.2, 0) is 6.42 Å². The van der Waals surface area contributed by atoms with E-state index in [-0.39, 0.29) is 11.1 Å². The number of ether oxygens (including phenoxy) is 1. The maximum atomic E-state index is 14.3. The zero-order valence-electron chi connectivity index (χ0n) is 19.0. The van der Waals surface area contributed by atoms with E-state index < -0.39 is 35.4 Å². The summed E-state index contributed by atoms with van der Waals surface area (Å²) in [6, 6.07) is 9.93. The van der Waals surface area contributed by atoms with Crippen LogP contribution in [-0.4, -0.2) is 6.36 Å². The Bertz CT molecular complexity index is 1310. The molecule has 3 rings (SSSR count). The molecule has 0 radical (unpaired) electrons. The second kappa shape index (κ2) is 11.7. The van der Waals surface area contributed by atoms with Crippen LogP contribution in [0.25, 0.3) is 0 Å². The Morgan fingerprint density at radius 3 is 1.67 bits per heavy atom. The van der Waals surface area contributed by atoms with Gasteiger partial charge in [0, 0.05) is 16.7 Å². The van der Waals surface area contributed by atoms with Gasteiger partial charge in [-0.05, 0) is 66.9 Å². The van der Waals surface area contributed by atoms with Gasteiger partial charge in [0.2, 0.25) is 5.75 Å². The lowest BCUT2D eigenvalue weighted by Gasteiger charge is -2.10. The first-order valence-electron chi connectivity index (χ1n) is 10.9. The monoisotopic (exact) mass is 504 g/mol. The van der Waals surface area contributed by atoms with Gasteiger partial charge in [0.05, 0.1) is 5.56 Å². The first-order chi connectivity index (χ1) is 17.1. The Labute approximate surface area is 203 Å². The lowest BCUT2D eigenvalue weighted by atomic mass is 10.0. The first-order valence-corrected chi connectivity index (χ1v) is 10.9. The molecule has 0 N–H and O–H groups in total. The highest BCUT2D eigenvalue weighted by Gasteiger charge is 2.34. The maximum absolute atomic E-state index is 14.3. The third-order valence-corrected chi connectivity index (χ3v) is 4.95. The normalized spacial score (nSPS) is 10.8. The minimum Gasteiger partial charge on any atom is -0.399 e. The van der Waals surface area contributed by atoms with E-state index in [1.165, 1.54) is 36.4 Å². The van der Waals surface area contributed by atoms with E-state index in [1.54, 1.807) is 0 Å². The lowest BCUT2D eigenvalue weighted by molar-refractivity contribution is -0.276. The number of rotatable bonds is 5. The summed E-state index contributed by atoms with van der Waals surface area (Å²) in [6.45, 7) is 2.04. The molecule has 36 heavy (non-hydrogen) atoms. The summed E-state index contributed by atoms with van der Waals surface area (Å²) in [5.41, 5.74) is 0.893. The molecule has 0 aliphatic carbocycles. The molecule has 0 aliphatic rings. The molecular formula is C28H19F7O. The number of unbranched alkanes of at least 4 members (excludes halogenated alkanes) is 2. The molecule has 0 atom stereocenters. The Kier molecular flexibility index (Phi) is 8.66. The van der Waals surface area contributed by atoms with Crippen LogP contribution in [0.15, 0.2) is 48.5 Å². The van der Waals surface area contributed by atoms with Crippen LogP contribution in [0.4, 0.5) is 30.7 Å². The van der Waals surface area contributed by atoms with E-state index in [0.29, 0.717) is 35.2 Å². The number of hydrogen-bond acceptors (Lipinski definition) is 1. The molecule has 3 aromatic carbocycles. The Morgan fingerprint density at radius 2 is 1.17 bits per heavy atom. The number of halogens is 7. The lowest BCUT2D eigenvalue weighted by Crippen LogP contribution is -2.19. The van der Waals surface area contributed by atoms with Crippen molar-refractivity contribution in [1.82, 2.24) is 0 Å². The average molecular weight is 504 g/mol. The number of aryl methyl sites for hydroxylation is 1. The molecule has 0 aliphatic heterocycles. The van der Waals surface area contributed by atoms with Crippen LogP contribution in [0.3, 0.4) is 0 Å². The van der Waals surface area contributed by atoms with Crippen molar-refractivity contribution in [3.63, 3.8) is 0 Å². The predicted molar refractivity (Wildman–Crippen MR) is 121 cm³/mol. The van der Waals surface area contributed by atoms with Crippen LogP contribution in [0.2, 0.25) is 0 Å². The molecule has 0 bridgehead atoms. The third kappa shape index (κ3) is 7.55. The molecule has 186 valence electrons. The fourth-order valence-electron chi connectivity index (χ4n) is 3.23. The van der Waals surface area contributed by atoms with Crippen molar-refractivity contribution < 1.29 is 35.5 Å². The molecule has 0 saturated heterocycles. The van der Waals surface area contributed by atoms with Crippen molar-refractivity contribution in [1.29, 1.82) is 0 Å². The van der Waals surface area contributed by atoms with Gasteiger partial charge >= 0.3 is 6.36 Å². The van der Waals surface area contributed by atoms with Crippen LogP contribution in [0.1, 0.15) is 54.0 Å². The molecule has 0 heterocycles. The van der Waals surface area contributed by atoms with Crippen molar-refractivity contribution in [2.24, 2.45) is 0 Å². The quantitative estimate of drug-likeness (QED) is 0.197. The second-order valence-corrected chi connectivity index (χ2v) is 7.79. The summed E-state index contributed by atoms with van der Waals surface area (Å²) in [6.07, 6.45) is -1.83. The maximum Gasteiger partial charge on any atom is 0.573 e. The fourth-order valence-corrected chi connectivity index (χ4v) is 3.23. The molecule has 0 saturated carbocycles. The highest BCUT2D eigenvalue weighted by molar-refractivity contribution is 5.49. The van der Waals surface area contributed by atoms with Gasteiger partial charge in [0.1, 0.15) is 11.6 Å². The van der Waals surface area contributed by atoms with Crippen molar-refractivity contribution in [2.45, 2.75) is 39.0 Å². The largest absolute Gasteiger partial charge is 0.573 e. The summed E-state index contributed by atoms with van der Waals surface area (Å²) in [5.74, 6) is 4.11.